The summed E-state index contributed by atoms with van der Waals surface area (Å²) in [6.07, 6.45) is 3.10. The van der Waals surface area contributed by atoms with Crippen molar-refractivity contribution in [3.8, 4) is 0 Å². The average Bonchev–Trinajstić information content (AvgIpc) is 2.46. The SMILES string of the molecule is Cc1cccc(C2=CCN(CC(O)COC(C)C)CC2)c1. The van der Waals surface area contributed by atoms with Crippen LogP contribution < -0.4 is 0 Å². The topological polar surface area (TPSA) is 32.7 Å². The molecule has 0 amide bonds. The Kier molecular flexibility index (Phi) is 5.97. The normalized spacial score (nSPS) is 17.9. The van der Waals surface area contributed by atoms with E-state index in [0.29, 0.717) is 13.2 Å². The summed E-state index contributed by atoms with van der Waals surface area (Å²) in [7, 11) is 0. The molecule has 1 aliphatic heterocycles. The summed E-state index contributed by atoms with van der Waals surface area (Å²) in [5.74, 6) is 0. The Morgan fingerprint density at radius 1 is 1.33 bits per heavy atom. The summed E-state index contributed by atoms with van der Waals surface area (Å²) >= 11 is 0. The van der Waals surface area contributed by atoms with Crippen molar-refractivity contribution >= 4 is 5.57 Å². The largest absolute Gasteiger partial charge is 0.389 e. The maximum Gasteiger partial charge on any atom is 0.0900 e. The van der Waals surface area contributed by atoms with Gasteiger partial charge in [-0.2, -0.15) is 0 Å². The van der Waals surface area contributed by atoms with Gasteiger partial charge in [0.1, 0.15) is 0 Å². The van der Waals surface area contributed by atoms with Crippen LogP contribution in [0.15, 0.2) is 30.3 Å². The highest BCUT2D eigenvalue weighted by atomic mass is 16.5. The number of hydrogen-bond acceptors (Lipinski definition) is 3. The molecular weight excluding hydrogens is 262 g/mol. The minimum Gasteiger partial charge on any atom is -0.389 e. The number of aliphatic hydroxyl groups is 1. The smallest absolute Gasteiger partial charge is 0.0900 e. The molecule has 0 saturated carbocycles. The monoisotopic (exact) mass is 289 g/mol. The zero-order chi connectivity index (χ0) is 15.2. The van der Waals surface area contributed by atoms with Gasteiger partial charge in [-0.05, 0) is 38.3 Å². The summed E-state index contributed by atoms with van der Waals surface area (Å²) in [5, 5.41) is 9.98. The molecule has 1 atom stereocenters. The van der Waals surface area contributed by atoms with Crippen molar-refractivity contribution in [2.24, 2.45) is 0 Å². The van der Waals surface area contributed by atoms with Crippen molar-refractivity contribution in [1.29, 1.82) is 0 Å². The number of ether oxygens (including phenoxy) is 1. The molecule has 1 aromatic carbocycles. The van der Waals surface area contributed by atoms with Gasteiger partial charge in [-0.25, -0.2) is 0 Å². The van der Waals surface area contributed by atoms with Crippen molar-refractivity contribution in [3.63, 3.8) is 0 Å². The zero-order valence-corrected chi connectivity index (χ0v) is 13.4. The minimum absolute atomic E-state index is 0.175. The van der Waals surface area contributed by atoms with Gasteiger partial charge >= 0.3 is 0 Å². The van der Waals surface area contributed by atoms with Gasteiger partial charge in [0.15, 0.2) is 0 Å². The summed E-state index contributed by atoms with van der Waals surface area (Å²) in [5.41, 5.74) is 4.05. The summed E-state index contributed by atoms with van der Waals surface area (Å²) in [6, 6.07) is 8.67. The molecule has 1 unspecified atom stereocenters. The summed E-state index contributed by atoms with van der Waals surface area (Å²) < 4.78 is 5.46. The first-order chi connectivity index (χ1) is 10.0. The van der Waals surface area contributed by atoms with Gasteiger partial charge in [-0.1, -0.05) is 35.9 Å². The Balaban J connectivity index is 1.84. The number of β-amino-alcohol motifs (C(OH)–C–C–N with tert-alkyl or cyclic N) is 1. The van der Waals surface area contributed by atoms with Crippen LogP contribution >= 0.6 is 0 Å². The van der Waals surface area contributed by atoms with E-state index >= 15 is 0 Å². The third-order valence-corrected chi connectivity index (χ3v) is 3.77. The summed E-state index contributed by atoms with van der Waals surface area (Å²) in [6.45, 7) is 9.12. The molecule has 1 aromatic rings. The van der Waals surface area contributed by atoms with E-state index < -0.39 is 6.10 Å². The maximum absolute atomic E-state index is 9.98. The van der Waals surface area contributed by atoms with Crippen LogP contribution in [0.5, 0.6) is 0 Å². The predicted octanol–water partition coefficient (Wildman–Crippen LogP) is 2.87. The standard InChI is InChI=1S/C18H27NO2/c1-14(2)21-13-18(20)12-19-9-7-16(8-10-19)17-6-4-5-15(3)11-17/h4-7,11,14,18,20H,8-10,12-13H2,1-3H3. The van der Waals surface area contributed by atoms with Crippen LogP contribution in [0.3, 0.4) is 0 Å². The molecule has 1 aliphatic rings. The predicted molar refractivity (Wildman–Crippen MR) is 87.3 cm³/mol. The fraction of sp³-hybridized carbons (Fsp3) is 0.556. The number of rotatable bonds is 6. The molecule has 1 N–H and O–H groups in total. The molecule has 116 valence electrons. The maximum atomic E-state index is 9.98. The van der Waals surface area contributed by atoms with Crippen molar-refractivity contribution in [1.82, 2.24) is 4.90 Å². The van der Waals surface area contributed by atoms with Crippen molar-refractivity contribution < 1.29 is 9.84 Å². The molecule has 0 radical (unpaired) electrons. The molecule has 3 heteroatoms. The number of aryl methyl sites for hydroxylation is 1. The van der Waals surface area contributed by atoms with E-state index in [1.807, 2.05) is 13.8 Å². The lowest BCUT2D eigenvalue weighted by molar-refractivity contribution is -0.00723. The summed E-state index contributed by atoms with van der Waals surface area (Å²) in [4.78, 5) is 2.29. The molecule has 0 aromatic heterocycles. The molecule has 2 rings (SSSR count). The van der Waals surface area contributed by atoms with Crippen LogP contribution in [-0.2, 0) is 4.74 Å². The fourth-order valence-corrected chi connectivity index (χ4v) is 2.64. The van der Waals surface area contributed by atoms with Gasteiger partial charge in [0.25, 0.3) is 0 Å². The first-order valence-electron chi connectivity index (χ1n) is 7.82. The van der Waals surface area contributed by atoms with Crippen LogP contribution in [0.1, 0.15) is 31.4 Å². The molecule has 0 fully saturated rings. The second-order valence-corrected chi connectivity index (χ2v) is 6.14. The number of hydrogen-bond donors (Lipinski definition) is 1. The Morgan fingerprint density at radius 2 is 2.14 bits per heavy atom. The van der Waals surface area contributed by atoms with E-state index in [0.717, 1.165) is 19.5 Å². The first-order valence-corrected chi connectivity index (χ1v) is 7.82. The van der Waals surface area contributed by atoms with E-state index in [4.69, 9.17) is 4.74 Å². The lowest BCUT2D eigenvalue weighted by Gasteiger charge is -2.28. The van der Waals surface area contributed by atoms with E-state index in [1.54, 1.807) is 0 Å². The molecular formula is C18H27NO2. The molecule has 0 bridgehead atoms. The molecule has 21 heavy (non-hydrogen) atoms. The quantitative estimate of drug-likeness (QED) is 0.874. The van der Waals surface area contributed by atoms with Gasteiger partial charge < -0.3 is 9.84 Å². The first kappa shape index (κ1) is 16.2. The minimum atomic E-state index is -0.402. The highest BCUT2D eigenvalue weighted by molar-refractivity contribution is 5.67. The molecule has 0 saturated heterocycles. The van der Waals surface area contributed by atoms with E-state index in [-0.39, 0.29) is 6.10 Å². The molecule has 0 aliphatic carbocycles. The fourth-order valence-electron chi connectivity index (χ4n) is 2.64. The van der Waals surface area contributed by atoms with Crippen molar-refractivity contribution in [2.45, 2.75) is 39.4 Å². The van der Waals surface area contributed by atoms with Gasteiger partial charge in [-0.3, -0.25) is 4.90 Å². The Morgan fingerprint density at radius 3 is 2.76 bits per heavy atom. The Labute approximate surface area is 128 Å². The van der Waals surface area contributed by atoms with Gasteiger partial charge in [0, 0.05) is 19.6 Å². The number of aliphatic hydroxyl groups excluding tert-OH is 1. The highest BCUT2D eigenvalue weighted by Crippen LogP contribution is 2.23. The average molecular weight is 289 g/mol. The second-order valence-electron chi connectivity index (χ2n) is 6.14. The van der Waals surface area contributed by atoms with Gasteiger partial charge in [-0.15, -0.1) is 0 Å². The van der Waals surface area contributed by atoms with Crippen molar-refractivity contribution in [3.05, 3.63) is 41.5 Å². The van der Waals surface area contributed by atoms with Gasteiger partial charge in [0.2, 0.25) is 0 Å². The van der Waals surface area contributed by atoms with Crippen molar-refractivity contribution in [2.75, 3.05) is 26.2 Å². The molecule has 0 spiro atoms. The lowest BCUT2D eigenvalue weighted by Crippen LogP contribution is -2.37. The van der Waals surface area contributed by atoms with E-state index in [2.05, 4.69) is 42.2 Å². The molecule has 1 heterocycles. The third-order valence-electron chi connectivity index (χ3n) is 3.77. The zero-order valence-electron chi connectivity index (χ0n) is 13.4. The third kappa shape index (κ3) is 5.27. The molecule has 3 nitrogen and oxygen atoms in total. The lowest BCUT2D eigenvalue weighted by atomic mass is 9.98. The van der Waals surface area contributed by atoms with Crippen LogP contribution in [-0.4, -0.2) is 48.5 Å². The second kappa shape index (κ2) is 7.74. The number of nitrogens with zero attached hydrogens (tertiary/aromatic N) is 1. The van der Waals surface area contributed by atoms with Crippen LogP contribution in [0, 0.1) is 6.92 Å². The van der Waals surface area contributed by atoms with Crippen LogP contribution in [0.2, 0.25) is 0 Å². The van der Waals surface area contributed by atoms with E-state index in [1.165, 1.54) is 16.7 Å². The van der Waals surface area contributed by atoms with Crippen LogP contribution in [0.25, 0.3) is 5.57 Å². The Bertz CT molecular complexity index is 482. The Hall–Kier alpha value is -1.16. The van der Waals surface area contributed by atoms with Gasteiger partial charge in [0.05, 0.1) is 18.8 Å². The van der Waals surface area contributed by atoms with Crippen LogP contribution in [0.4, 0.5) is 0 Å². The highest BCUT2D eigenvalue weighted by Gasteiger charge is 2.16. The number of benzene rings is 1. The van der Waals surface area contributed by atoms with E-state index in [9.17, 15) is 5.11 Å².